The molecule has 2 atom stereocenters. The molecule has 1 aromatic rings. The lowest BCUT2D eigenvalue weighted by atomic mass is 9.94. The van der Waals surface area contributed by atoms with E-state index in [0.29, 0.717) is 11.5 Å². The average molecular weight is 252 g/mol. The Labute approximate surface area is 104 Å². The first-order chi connectivity index (χ1) is 8.49. The van der Waals surface area contributed by atoms with Gasteiger partial charge in [-0.15, -0.1) is 0 Å². The quantitative estimate of drug-likeness (QED) is 0.721. The molecular weight excluding hydrogens is 236 g/mol. The fourth-order valence-electron chi connectivity index (χ4n) is 1.98. The van der Waals surface area contributed by atoms with Gasteiger partial charge in [0, 0.05) is 12.1 Å². The van der Waals surface area contributed by atoms with E-state index in [1.807, 2.05) is 13.0 Å². The number of aryl methyl sites for hydroxylation is 1. The second-order valence-corrected chi connectivity index (χ2v) is 4.35. The van der Waals surface area contributed by atoms with Crippen molar-refractivity contribution in [3.05, 3.63) is 23.3 Å². The summed E-state index contributed by atoms with van der Waals surface area (Å²) in [6.45, 7) is 2.07. The van der Waals surface area contributed by atoms with Crippen molar-refractivity contribution in [1.29, 1.82) is 0 Å². The van der Waals surface area contributed by atoms with Gasteiger partial charge in [0.1, 0.15) is 0 Å². The van der Waals surface area contributed by atoms with Gasteiger partial charge in [-0.05, 0) is 30.2 Å². The molecule has 0 radical (unpaired) electrons. The topological polar surface area (TPSA) is 108 Å². The number of benzene rings is 1. The first kappa shape index (κ1) is 12.7. The van der Waals surface area contributed by atoms with Crippen LogP contribution in [0.2, 0.25) is 0 Å². The highest BCUT2D eigenvalue weighted by atomic mass is 16.7. The van der Waals surface area contributed by atoms with Crippen LogP contribution >= 0.6 is 0 Å². The number of hydrogen-bond donors (Lipinski definition) is 3. The maximum atomic E-state index is 10.6. The maximum absolute atomic E-state index is 10.6. The molecule has 98 valence electrons. The van der Waals surface area contributed by atoms with Gasteiger partial charge in [-0.25, -0.2) is 0 Å². The Morgan fingerprint density at radius 3 is 2.61 bits per heavy atom. The number of carboxylic acid groups (broad SMARTS) is 1. The molecule has 0 spiro atoms. The van der Waals surface area contributed by atoms with E-state index in [1.165, 1.54) is 0 Å². The van der Waals surface area contributed by atoms with Gasteiger partial charge < -0.3 is 26.0 Å². The molecule has 1 aromatic carbocycles. The molecule has 0 aliphatic carbocycles. The molecule has 0 saturated heterocycles. The van der Waals surface area contributed by atoms with E-state index in [4.69, 9.17) is 26.0 Å². The van der Waals surface area contributed by atoms with Gasteiger partial charge in [-0.2, -0.15) is 0 Å². The molecule has 0 bridgehead atoms. The maximum Gasteiger partial charge on any atom is 0.304 e. The Bertz CT molecular complexity index is 475. The Kier molecular flexibility index (Phi) is 3.40. The lowest BCUT2D eigenvalue weighted by Gasteiger charge is -2.20. The summed E-state index contributed by atoms with van der Waals surface area (Å²) in [5.74, 6) is 0.333. The number of nitrogens with two attached hydrogens (primary N) is 2. The highest BCUT2D eigenvalue weighted by molar-refractivity contribution is 5.67. The third kappa shape index (κ3) is 2.39. The van der Waals surface area contributed by atoms with Gasteiger partial charge in [0.25, 0.3) is 0 Å². The van der Waals surface area contributed by atoms with E-state index in [1.54, 1.807) is 6.07 Å². The van der Waals surface area contributed by atoms with Gasteiger partial charge in [0.2, 0.25) is 6.79 Å². The van der Waals surface area contributed by atoms with Gasteiger partial charge >= 0.3 is 5.97 Å². The minimum Gasteiger partial charge on any atom is -0.481 e. The Morgan fingerprint density at radius 1 is 1.39 bits per heavy atom. The van der Waals surface area contributed by atoms with Crippen LogP contribution in [-0.4, -0.2) is 23.9 Å². The van der Waals surface area contributed by atoms with Gasteiger partial charge in [-0.3, -0.25) is 4.79 Å². The fraction of sp³-hybridized carbons (Fsp3) is 0.417. The van der Waals surface area contributed by atoms with Crippen LogP contribution in [0.15, 0.2) is 12.1 Å². The SMILES string of the molecule is Cc1cc2c(cc1C(N)C(N)CC(=O)O)OCO2. The molecule has 1 aliphatic rings. The van der Waals surface area contributed by atoms with Crippen LogP contribution in [0.3, 0.4) is 0 Å². The van der Waals surface area contributed by atoms with Crippen molar-refractivity contribution >= 4 is 5.97 Å². The molecule has 1 heterocycles. The first-order valence-corrected chi connectivity index (χ1v) is 5.62. The summed E-state index contributed by atoms with van der Waals surface area (Å²) in [6, 6.07) is 2.41. The monoisotopic (exact) mass is 252 g/mol. The number of hydrogen-bond acceptors (Lipinski definition) is 5. The number of carboxylic acids is 1. The van der Waals surface area contributed by atoms with Crippen LogP contribution < -0.4 is 20.9 Å². The predicted octanol–water partition coefficient (Wildman–Crippen LogP) is 0.526. The molecule has 6 heteroatoms. The molecule has 18 heavy (non-hydrogen) atoms. The lowest BCUT2D eigenvalue weighted by Crippen LogP contribution is -2.36. The summed E-state index contributed by atoms with van der Waals surface area (Å²) in [5.41, 5.74) is 13.5. The van der Waals surface area contributed by atoms with Gasteiger partial charge in [0.15, 0.2) is 11.5 Å². The lowest BCUT2D eigenvalue weighted by molar-refractivity contribution is -0.137. The zero-order chi connectivity index (χ0) is 13.3. The van der Waals surface area contributed by atoms with E-state index in [9.17, 15) is 4.79 Å². The summed E-state index contributed by atoms with van der Waals surface area (Å²) in [4.78, 5) is 10.6. The van der Waals surface area contributed by atoms with Crippen LogP contribution in [0.25, 0.3) is 0 Å². The Morgan fingerprint density at radius 2 is 2.00 bits per heavy atom. The molecule has 2 rings (SSSR count). The van der Waals surface area contributed by atoms with Crippen LogP contribution in [0, 0.1) is 6.92 Å². The van der Waals surface area contributed by atoms with Crippen molar-refractivity contribution in [3.8, 4) is 11.5 Å². The summed E-state index contributed by atoms with van der Waals surface area (Å²) < 4.78 is 10.5. The van der Waals surface area contributed by atoms with Crippen LogP contribution in [0.1, 0.15) is 23.6 Å². The van der Waals surface area contributed by atoms with Crippen molar-refractivity contribution in [2.45, 2.75) is 25.4 Å². The van der Waals surface area contributed by atoms with Crippen molar-refractivity contribution in [2.24, 2.45) is 11.5 Å². The largest absolute Gasteiger partial charge is 0.481 e. The van der Waals surface area contributed by atoms with E-state index in [2.05, 4.69) is 0 Å². The molecule has 5 N–H and O–H groups in total. The normalized spacial score (nSPS) is 16.4. The Balaban J connectivity index is 2.25. The summed E-state index contributed by atoms with van der Waals surface area (Å²) >= 11 is 0. The van der Waals surface area contributed by atoms with E-state index in [0.717, 1.165) is 11.1 Å². The summed E-state index contributed by atoms with van der Waals surface area (Å²) in [6.07, 6.45) is -0.172. The van der Waals surface area contributed by atoms with Crippen LogP contribution in [-0.2, 0) is 4.79 Å². The van der Waals surface area contributed by atoms with E-state index < -0.39 is 18.1 Å². The fourth-order valence-corrected chi connectivity index (χ4v) is 1.98. The molecular formula is C12H16N2O4. The van der Waals surface area contributed by atoms with Crippen LogP contribution in [0.5, 0.6) is 11.5 Å². The van der Waals surface area contributed by atoms with E-state index >= 15 is 0 Å². The van der Waals surface area contributed by atoms with Gasteiger partial charge in [-0.1, -0.05) is 0 Å². The second-order valence-electron chi connectivity index (χ2n) is 4.35. The molecule has 6 nitrogen and oxygen atoms in total. The minimum atomic E-state index is -0.962. The molecule has 0 saturated carbocycles. The zero-order valence-corrected chi connectivity index (χ0v) is 10.1. The average Bonchev–Trinajstić information content (AvgIpc) is 2.72. The predicted molar refractivity (Wildman–Crippen MR) is 64.5 cm³/mol. The molecule has 0 amide bonds. The number of aliphatic carboxylic acids is 1. The van der Waals surface area contributed by atoms with Gasteiger partial charge in [0.05, 0.1) is 6.42 Å². The highest BCUT2D eigenvalue weighted by Gasteiger charge is 2.23. The standard InChI is InChI=1S/C12H16N2O4/c1-6-2-9-10(18-5-17-9)3-7(6)12(14)8(13)4-11(15)16/h2-3,8,12H,4-5,13-14H2,1H3,(H,15,16). The third-order valence-corrected chi connectivity index (χ3v) is 2.99. The molecule has 0 fully saturated rings. The van der Waals surface area contributed by atoms with Crippen molar-refractivity contribution < 1.29 is 19.4 Å². The van der Waals surface area contributed by atoms with E-state index in [-0.39, 0.29) is 13.2 Å². The highest BCUT2D eigenvalue weighted by Crippen LogP contribution is 2.36. The zero-order valence-electron chi connectivity index (χ0n) is 10.1. The summed E-state index contributed by atoms with van der Waals surface area (Å²) in [7, 11) is 0. The Hall–Kier alpha value is -1.79. The number of fused-ring (bicyclic) bond motifs is 1. The third-order valence-electron chi connectivity index (χ3n) is 2.99. The van der Waals surface area contributed by atoms with Crippen LogP contribution in [0.4, 0.5) is 0 Å². The number of ether oxygens (including phenoxy) is 2. The minimum absolute atomic E-state index is 0.172. The number of rotatable bonds is 4. The molecule has 1 aliphatic heterocycles. The molecule has 2 unspecified atom stereocenters. The van der Waals surface area contributed by atoms with Crippen molar-refractivity contribution in [1.82, 2.24) is 0 Å². The summed E-state index contributed by atoms with van der Waals surface area (Å²) in [5, 5.41) is 8.72. The second kappa shape index (κ2) is 4.83. The number of carbonyl (C=O) groups is 1. The van der Waals surface area contributed by atoms with Crippen molar-refractivity contribution in [2.75, 3.05) is 6.79 Å². The first-order valence-electron chi connectivity index (χ1n) is 5.62. The smallest absolute Gasteiger partial charge is 0.304 e. The van der Waals surface area contributed by atoms with Crippen molar-refractivity contribution in [3.63, 3.8) is 0 Å². The molecule has 0 aromatic heterocycles.